The molecule has 0 aromatic heterocycles. The highest BCUT2D eigenvalue weighted by atomic mass is 19.4. The Morgan fingerprint density at radius 3 is 2.10 bits per heavy atom. The molecule has 1 saturated heterocycles. The first-order chi connectivity index (χ1) is 13.7. The van der Waals surface area contributed by atoms with Gasteiger partial charge in [0.15, 0.2) is 0 Å². The Kier molecular flexibility index (Phi) is 7.39. The number of amides is 2. The molecule has 0 aromatic rings. The van der Waals surface area contributed by atoms with Gasteiger partial charge in [-0.2, -0.15) is 13.2 Å². The van der Waals surface area contributed by atoms with Crippen molar-refractivity contribution >= 4 is 11.8 Å². The minimum atomic E-state index is -4.43. The third-order valence-corrected chi connectivity index (χ3v) is 6.38. The smallest absolute Gasteiger partial charge is 0.335 e. The van der Waals surface area contributed by atoms with Crippen molar-refractivity contribution in [2.75, 3.05) is 0 Å². The highest BCUT2D eigenvalue weighted by Gasteiger charge is 2.44. The van der Waals surface area contributed by atoms with Crippen molar-refractivity contribution in [3.05, 3.63) is 0 Å². The Bertz CT molecular complexity index is 575. The number of carbonyl (C=O) groups is 2. The van der Waals surface area contributed by atoms with Crippen molar-refractivity contribution in [3.63, 3.8) is 0 Å². The van der Waals surface area contributed by atoms with E-state index in [1.165, 1.54) is 6.42 Å². The van der Waals surface area contributed by atoms with E-state index in [9.17, 15) is 22.8 Å². The number of hydrogen-bond donors (Lipinski definition) is 5. The topological polar surface area (TPSA) is 108 Å². The summed E-state index contributed by atoms with van der Waals surface area (Å²) in [7, 11) is 0. The Hall–Kier alpha value is -1.39. The standard InChI is InChI=1S/C19H32F3N5O2/c20-19(21,22)14-10-15(23)26-17(25-14)27-18(29)24-13-8-6-12(7-9-13)16(28)11-4-2-1-3-5-11/h11-15,17,25-26H,1-10,23H2,(H2,24,27,29). The van der Waals surface area contributed by atoms with Crippen LogP contribution >= 0.6 is 0 Å². The summed E-state index contributed by atoms with van der Waals surface area (Å²) in [6.45, 7) is 0. The normalized spacial score (nSPS) is 34.4. The van der Waals surface area contributed by atoms with Crippen LogP contribution in [-0.2, 0) is 4.79 Å². The van der Waals surface area contributed by atoms with Crippen molar-refractivity contribution in [1.82, 2.24) is 21.3 Å². The fourth-order valence-corrected chi connectivity index (χ4v) is 4.77. The van der Waals surface area contributed by atoms with Gasteiger partial charge in [-0.1, -0.05) is 19.3 Å². The van der Waals surface area contributed by atoms with Gasteiger partial charge < -0.3 is 16.4 Å². The van der Waals surface area contributed by atoms with Gasteiger partial charge in [0.05, 0.1) is 6.17 Å². The monoisotopic (exact) mass is 419 g/mol. The molecule has 2 amide bonds. The van der Waals surface area contributed by atoms with Crippen molar-refractivity contribution in [2.45, 2.75) is 94.9 Å². The molecule has 3 unspecified atom stereocenters. The van der Waals surface area contributed by atoms with E-state index in [-0.39, 0.29) is 24.3 Å². The second kappa shape index (κ2) is 9.61. The van der Waals surface area contributed by atoms with Gasteiger partial charge in [0.1, 0.15) is 18.1 Å². The van der Waals surface area contributed by atoms with Crippen LogP contribution in [0.25, 0.3) is 0 Å². The number of alkyl halides is 3. The molecule has 3 aliphatic rings. The van der Waals surface area contributed by atoms with Crippen LogP contribution in [0.2, 0.25) is 0 Å². The van der Waals surface area contributed by atoms with Crippen molar-refractivity contribution < 1.29 is 22.8 Å². The fourth-order valence-electron chi connectivity index (χ4n) is 4.77. The molecule has 0 spiro atoms. The summed E-state index contributed by atoms with van der Waals surface area (Å²) in [6.07, 6.45) is 1.73. The van der Waals surface area contributed by atoms with Crippen LogP contribution in [0.1, 0.15) is 64.2 Å². The van der Waals surface area contributed by atoms with Crippen LogP contribution in [0.5, 0.6) is 0 Å². The third kappa shape index (κ3) is 6.29. The number of rotatable bonds is 4. The van der Waals surface area contributed by atoms with Gasteiger partial charge in [0.2, 0.25) is 0 Å². The second-order valence-electron chi connectivity index (χ2n) is 8.61. The maximum absolute atomic E-state index is 12.9. The Labute approximate surface area is 169 Å². The Morgan fingerprint density at radius 1 is 0.862 bits per heavy atom. The molecule has 2 saturated carbocycles. The summed E-state index contributed by atoms with van der Waals surface area (Å²) in [5.41, 5.74) is 5.62. The minimum absolute atomic E-state index is 0.0754. The van der Waals surface area contributed by atoms with E-state index in [2.05, 4.69) is 21.3 Å². The average molecular weight is 419 g/mol. The largest absolute Gasteiger partial charge is 0.404 e. The third-order valence-electron chi connectivity index (χ3n) is 6.38. The zero-order valence-corrected chi connectivity index (χ0v) is 16.6. The van der Waals surface area contributed by atoms with E-state index in [4.69, 9.17) is 5.73 Å². The number of carbonyl (C=O) groups excluding carboxylic acids is 2. The van der Waals surface area contributed by atoms with Crippen LogP contribution in [0.4, 0.5) is 18.0 Å². The zero-order chi connectivity index (χ0) is 21.0. The molecular formula is C19H32F3N5O2. The summed E-state index contributed by atoms with van der Waals surface area (Å²) in [5, 5.41) is 10.3. The summed E-state index contributed by atoms with van der Waals surface area (Å²) >= 11 is 0. The molecule has 29 heavy (non-hydrogen) atoms. The lowest BCUT2D eigenvalue weighted by molar-refractivity contribution is -0.166. The molecule has 3 rings (SSSR count). The number of Topliss-reactive ketones (excluding diaryl/α,β-unsaturated/α-hetero) is 1. The molecule has 10 heteroatoms. The van der Waals surface area contributed by atoms with Crippen LogP contribution in [-0.4, -0.2) is 42.5 Å². The van der Waals surface area contributed by atoms with Gasteiger partial charge in [-0.25, -0.2) is 4.79 Å². The number of nitrogens with one attached hydrogen (secondary N) is 4. The number of nitrogens with two attached hydrogens (primary N) is 1. The first kappa shape index (κ1) is 22.3. The van der Waals surface area contributed by atoms with Crippen LogP contribution in [0.15, 0.2) is 0 Å². The average Bonchev–Trinajstić information content (AvgIpc) is 2.67. The summed E-state index contributed by atoms with van der Waals surface area (Å²) in [6, 6.07) is -2.40. The second-order valence-corrected chi connectivity index (χ2v) is 8.61. The molecule has 3 atom stereocenters. The molecule has 0 radical (unpaired) electrons. The zero-order valence-electron chi connectivity index (χ0n) is 16.6. The molecule has 2 aliphatic carbocycles. The predicted octanol–water partition coefficient (Wildman–Crippen LogP) is 2.08. The number of urea groups is 1. The van der Waals surface area contributed by atoms with Gasteiger partial charge >= 0.3 is 12.2 Å². The lowest BCUT2D eigenvalue weighted by Gasteiger charge is -2.37. The van der Waals surface area contributed by atoms with Gasteiger partial charge in [-0.3, -0.25) is 15.4 Å². The van der Waals surface area contributed by atoms with Crippen LogP contribution in [0.3, 0.4) is 0 Å². The quantitative estimate of drug-likeness (QED) is 0.480. The van der Waals surface area contributed by atoms with Crippen LogP contribution in [0, 0.1) is 11.8 Å². The molecule has 3 fully saturated rings. The number of ketones is 1. The highest BCUT2D eigenvalue weighted by Crippen LogP contribution is 2.32. The van der Waals surface area contributed by atoms with Crippen molar-refractivity contribution in [1.29, 1.82) is 0 Å². The molecule has 0 aromatic carbocycles. The summed E-state index contributed by atoms with van der Waals surface area (Å²) in [5.74, 6) is 0.664. The van der Waals surface area contributed by atoms with E-state index in [1.807, 2.05) is 0 Å². The Morgan fingerprint density at radius 2 is 1.48 bits per heavy atom. The number of halogens is 3. The van der Waals surface area contributed by atoms with Gasteiger partial charge in [0.25, 0.3) is 0 Å². The minimum Gasteiger partial charge on any atom is -0.335 e. The van der Waals surface area contributed by atoms with E-state index in [1.54, 1.807) is 0 Å². The first-order valence-corrected chi connectivity index (χ1v) is 10.7. The van der Waals surface area contributed by atoms with Crippen molar-refractivity contribution in [3.8, 4) is 0 Å². The molecule has 166 valence electrons. The van der Waals surface area contributed by atoms with E-state index in [0.717, 1.165) is 38.5 Å². The van der Waals surface area contributed by atoms with E-state index < -0.39 is 30.7 Å². The molecule has 1 heterocycles. The first-order valence-electron chi connectivity index (χ1n) is 10.7. The summed E-state index contributed by atoms with van der Waals surface area (Å²) in [4.78, 5) is 24.9. The maximum atomic E-state index is 12.9. The van der Waals surface area contributed by atoms with Gasteiger partial charge in [0, 0.05) is 17.9 Å². The van der Waals surface area contributed by atoms with Crippen LogP contribution < -0.4 is 27.0 Å². The molecular weight excluding hydrogens is 387 g/mol. The Balaban J connectivity index is 1.41. The van der Waals surface area contributed by atoms with Crippen molar-refractivity contribution in [2.24, 2.45) is 17.6 Å². The number of hydrogen-bond acceptors (Lipinski definition) is 5. The fraction of sp³-hybridized carbons (Fsp3) is 0.895. The highest BCUT2D eigenvalue weighted by molar-refractivity contribution is 5.83. The van der Waals surface area contributed by atoms with E-state index in [0.29, 0.717) is 18.6 Å². The lowest BCUT2D eigenvalue weighted by atomic mass is 9.75. The maximum Gasteiger partial charge on any atom is 0.404 e. The molecule has 1 aliphatic heterocycles. The molecule has 6 N–H and O–H groups in total. The summed E-state index contributed by atoms with van der Waals surface area (Å²) < 4.78 is 38.8. The molecule has 0 bridgehead atoms. The SMILES string of the molecule is NC1CC(C(F)(F)F)NC(NC(=O)NC2CCC(C(=O)C3CCCCC3)CC2)N1. The molecule has 7 nitrogen and oxygen atoms in total. The lowest BCUT2D eigenvalue weighted by Crippen LogP contribution is -2.70. The van der Waals surface area contributed by atoms with Gasteiger partial charge in [-0.05, 0) is 44.9 Å². The van der Waals surface area contributed by atoms with Gasteiger partial charge in [-0.15, -0.1) is 0 Å². The predicted molar refractivity (Wildman–Crippen MR) is 101 cm³/mol. The van der Waals surface area contributed by atoms with E-state index >= 15 is 0 Å².